The first-order chi connectivity index (χ1) is 10.6. The smallest absolute Gasteiger partial charge is 0.157 e. The van der Waals surface area contributed by atoms with E-state index in [0.29, 0.717) is 5.88 Å². The Bertz CT molecular complexity index is 184. The van der Waals surface area contributed by atoms with Gasteiger partial charge >= 0.3 is 0 Å². The Morgan fingerprint density at radius 2 is 1.27 bits per heavy atom. The van der Waals surface area contributed by atoms with E-state index in [1.807, 2.05) is 20.8 Å². The third-order valence-electron chi connectivity index (χ3n) is 3.26. The maximum Gasteiger partial charge on any atom is 0.157 e. The lowest BCUT2D eigenvalue weighted by Gasteiger charge is -2.16. The Labute approximate surface area is 149 Å². The van der Waals surface area contributed by atoms with E-state index in [0.717, 1.165) is 26.1 Å². The highest BCUT2D eigenvalue weighted by Gasteiger charge is 2.06. The summed E-state index contributed by atoms with van der Waals surface area (Å²) in [4.78, 5) is 0. The van der Waals surface area contributed by atoms with E-state index in [4.69, 9.17) is 32.7 Å². The van der Waals surface area contributed by atoms with Crippen molar-refractivity contribution in [2.75, 3.05) is 19.1 Å². The van der Waals surface area contributed by atoms with Gasteiger partial charge < -0.3 is 9.47 Å². The molecule has 4 heteroatoms. The molecule has 0 N–H and O–H groups in total. The van der Waals surface area contributed by atoms with Crippen molar-refractivity contribution in [1.82, 2.24) is 0 Å². The molecule has 22 heavy (non-hydrogen) atoms. The second kappa shape index (κ2) is 21.5. The van der Waals surface area contributed by atoms with Crippen molar-refractivity contribution in [2.24, 2.45) is 0 Å². The topological polar surface area (TPSA) is 18.5 Å². The van der Waals surface area contributed by atoms with Crippen LogP contribution in [0.1, 0.15) is 85.5 Å². The quantitative estimate of drug-likeness (QED) is 0.194. The minimum Gasteiger partial charge on any atom is -0.353 e. The molecule has 0 heterocycles. The normalized spacial score (nSPS) is 12.1. The molecule has 0 saturated heterocycles. The number of ether oxygens (including phenoxy) is 2. The molecule has 2 nitrogen and oxygen atoms in total. The van der Waals surface area contributed by atoms with Crippen LogP contribution in [-0.2, 0) is 9.47 Å². The van der Waals surface area contributed by atoms with Crippen LogP contribution in [0.3, 0.4) is 0 Å². The summed E-state index contributed by atoms with van der Waals surface area (Å²) in [6, 6.07) is 0. The number of unbranched alkanes of at least 4 members (excludes halogenated alkanes) is 6. The van der Waals surface area contributed by atoms with Crippen molar-refractivity contribution in [3.8, 4) is 0 Å². The highest BCUT2D eigenvalue weighted by Crippen LogP contribution is 2.11. The van der Waals surface area contributed by atoms with Gasteiger partial charge in [0.1, 0.15) is 0 Å². The number of hydrogen-bond donors (Lipinski definition) is 0. The standard InChI is InChI=1S/C14H30O2.C4H8Cl2/c1-4-7-8-9-10-11-12-13-14(15-5-2)16-6-3;1-4(6)2-3-5/h14H,4-13H2,1-3H3;4H,2-3H2,1H3. The van der Waals surface area contributed by atoms with Gasteiger partial charge in [0.15, 0.2) is 6.29 Å². The summed E-state index contributed by atoms with van der Waals surface area (Å²) in [5.41, 5.74) is 0. The molecule has 1 unspecified atom stereocenters. The Morgan fingerprint density at radius 3 is 1.64 bits per heavy atom. The van der Waals surface area contributed by atoms with Crippen molar-refractivity contribution in [1.29, 1.82) is 0 Å². The Hall–Kier alpha value is 0.500. The second-order valence-electron chi connectivity index (χ2n) is 5.51. The van der Waals surface area contributed by atoms with Crippen molar-refractivity contribution in [3.63, 3.8) is 0 Å². The molecule has 0 aromatic rings. The summed E-state index contributed by atoms with van der Waals surface area (Å²) in [5.74, 6) is 0.671. The van der Waals surface area contributed by atoms with Crippen LogP contribution in [0.5, 0.6) is 0 Å². The molecule has 0 aliphatic heterocycles. The van der Waals surface area contributed by atoms with Crippen molar-refractivity contribution in [2.45, 2.75) is 97.1 Å². The van der Waals surface area contributed by atoms with E-state index in [1.165, 1.54) is 44.9 Å². The Kier molecular flexibility index (Phi) is 24.2. The van der Waals surface area contributed by atoms with Crippen LogP contribution in [0.15, 0.2) is 0 Å². The fourth-order valence-electron chi connectivity index (χ4n) is 2.01. The molecule has 0 amide bonds. The molecule has 0 fully saturated rings. The molecule has 0 bridgehead atoms. The van der Waals surface area contributed by atoms with Crippen LogP contribution >= 0.6 is 23.2 Å². The summed E-state index contributed by atoms with van der Waals surface area (Å²) in [6.07, 6.45) is 11.4. The van der Waals surface area contributed by atoms with E-state index in [-0.39, 0.29) is 11.7 Å². The summed E-state index contributed by atoms with van der Waals surface area (Å²) >= 11 is 10.8. The molecule has 0 aliphatic carbocycles. The third-order valence-corrected chi connectivity index (χ3v) is 3.69. The zero-order valence-corrected chi connectivity index (χ0v) is 16.7. The molecule has 0 aliphatic rings. The number of alkyl halides is 2. The van der Waals surface area contributed by atoms with Crippen molar-refractivity contribution in [3.05, 3.63) is 0 Å². The van der Waals surface area contributed by atoms with Crippen LogP contribution in [0, 0.1) is 0 Å². The molecule has 0 radical (unpaired) electrons. The predicted octanol–water partition coefficient (Wildman–Crippen LogP) is 6.77. The fourth-order valence-corrected chi connectivity index (χ4v) is 2.55. The number of rotatable bonds is 14. The number of halogens is 2. The summed E-state index contributed by atoms with van der Waals surface area (Å²) in [6.45, 7) is 9.74. The lowest BCUT2D eigenvalue weighted by molar-refractivity contribution is -0.140. The van der Waals surface area contributed by atoms with Crippen molar-refractivity contribution < 1.29 is 9.47 Å². The van der Waals surface area contributed by atoms with Gasteiger partial charge in [-0.3, -0.25) is 0 Å². The summed E-state index contributed by atoms with van der Waals surface area (Å²) in [7, 11) is 0. The van der Waals surface area contributed by atoms with Gasteiger partial charge in [0.05, 0.1) is 0 Å². The second-order valence-corrected chi connectivity index (χ2v) is 6.63. The van der Waals surface area contributed by atoms with Crippen LogP contribution < -0.4 is 0 Å². The molecule has 0 aromatic heterocycles. The summed E-state index contributed by atoms with van der Waals surface area (Å²) in [5, 5.41) is 0.238. The first kappa shape index (κ1) is 24.7. The largest absolute Gasteiger partial charge is 0.353 e. The van der Waals surface area contributed by atoms with Crippen LogP contribution in [-0.4, -0.2) is 30.8 Å². The molecule has 0 rings (SSSR count). The first-order valence-electron chi connectivity index (χ1n) is 9.05. The van der Waals surface area contributed by atoms with Gasteiger partial charge in [0, 0.05) is 24.5 Å². The van der Waals surface area contributed by atoms with Gasteiger partial charge in [0.2, 0.25) is 0 Å². The summed E-state index contributed by atoms with van der Waals surface area (Å²) < 4.78 is 11.0. The van der Waals surface area contributed by atoms with E-state index < -0.39 is 0 Å². The lowest BCUT2D eigenvalue weighted by atomic mass is 10.1. The maximum atomic E-state index is 5.51. The molecule has 0 saturated carbocycles. The van der Waals surface area contributed by atoms with Gasteiger partial charge in [0.25, 0.3) is 0 Å². The van der Waals surface area contributed by atoms with Crippen LogP contribution in [0.2, 0.25) is 0 Å². The molecule has 136 valence electrons. The van der Waals surface area contributed by atoms with Gasteiger partial charge in [-0.2, -0.15) is 0 Å². The van der Waals surface area contributed by atoms with Gasteiger partial charge in [-0.15, -0.1) is 23.2 Å². The third kappa shape index (κ3) is 22.8. The van der Waals surface area contributed by atoms with Crippen LogP contribution in [0.25, 0.3) is 0 Å². The van der Waals surface area contributed by atoms with E-state index in [2.05, 4.69) is 6.92 Å². The molecule has 0 spiro atoms. The maximum absolute atomic E-state index is 5.51. The molecular weight excluding hydrogens is 319 g/mol. The van der Waals surface area contributed by atoms with E-state index in [1.54, 1.807) is 0 Å². The average Bonchev–Trinajstić information content (AvgIpc) is 2.47. The van der Waals surface area contributed by atoms with Gasteiger partial charge in [-0.1, -0.05) is 45.4 Å². The highest BCUT2D eigenvalue weighted by molar-refractivity contribution is 6.22. The Morgan fingerprint density at radius 1 is 0.773 bits per heavy atom. The lowest BCUT2D eigenvalue weighted by Crippen LogP contribution is -2.17. The van der Waals surface area contributed by atoms with Gasteiger partial charge in [-0.05, 0) is 40.0 Å². The SMILES string of the molecule is CC(Cl)CCCl.CCCCCCCCCC(OCC)OCC. The zero-order chi connectivity index (χ0) is 17.1. The molecular formula is C18H38Cl2O2. The fraction of sp³-hybridized carbons (Fsp3) is 1.00. The van der Waals surface area contributed by atoms with Gasteiger partial charge in [-0.25, -0.2) is 0 Å². The van der Waals surface area contributed by atoms with E-state index >= 15 is 0 Å². The van der Waals surface area contributed by atoms with E-state index in [9.17, 15) is 0 Å². The highest BCUT2D eigenvalue weighted by atomic mass is 35.5. The van der Waals surface area contributed by atoms with Crippen molar-refractivity contribution >= 4 is 23.2 Å². The zero-order valence-electron chi connectivity index (χ0n) is 15.2. The molecule has 1 atom stereocenters. The Balaban J connectivity index is 0. The molecule has 0 aromatic carbocycles. The first-order valence-corrected chi connectivity index (χ1v) is 10.0. The predicted molar refractivity (Wildman–Crippen MR) is 100 cm³/mol. The monoisotopic (exact) mass is 356 g/mol. The minimum atomic E-state index is 0.0330. The average molecular weight is 357 g/mol. The van der Waals surface area contributed by atoms with Crippen LogP contribution in [0.4, 0.5) is 0 Å². The minimum absolute atomic E-state index is 0.0330. The number of hydrogen-bond acceptors (Lipinski definition) is 2.